The lowest BCUT2D eigenvalue weighted by molar-refractivity contribution is 0.0136. The van der Waals surface area contributed by atoms with Crippen LogP contribution in [0.2, 0.25) is 0 Å². The van der Waals surface area contributed by atoms with Crippen molar-refractivity contribution in [3.8, 4) is 5.75 Å². The molecule has 0 aromatic heterocycles. The van der Waals surface area contributed by atoms with E-state index >= 15 is 0 Å². The Bertz CT molecular complexity index is 464. The first kappa shape index (κ1) is 13.3. The summed E-state index contributed by atoms with van der Waals surface area (Å²) in [5, 5.41) is -0.0469. The van der Waals surface area contributed by atoms with E-state index in [-0.39, 0.29) is 17.1 Å². The first-order valence-corrected chi connectivity index (χ1v) is 7.56. The zero-order valence-corrected chi connectivity index (χ0v) is 12.4. The van der Waals surface area contributed by atoms with Crippen molar-refractivity contribution in [2.45, 2.75) is 56.6 Å². The largest absolute Gasteiger partial charge is 0.487 e. The Hall–Kier alpha value is -0.730. The van der Waals surface area contributed by atoms with E-state index in [1.807, 2.05) is 0 Å². The molecule has 2 atom stereocenters. The minimum atomic E-state index is -0.0932. The quantitative estimate of drug-likeness (QED) is 0.754. The lowest BCUT2D eigenvalue weighted by Crippen LogP contribution is -2.24. The first-order chi connectivity index (χ1) is 9.05. The summed E-state index contributed by atoms with van der Waals surface area (Å²) in [5.41, 5.74) is 2.34. The van der Waals surface area contributed by atoms with Gasteiger partial charge in [0.1, 0.15) is 11.4 Å². The third-order valence-corrected chi connectivity index (χ3v) is 4.48. The van der Waals surface area contributed by atoms with E-state index in [9.17, 15) is 0 Å². The van der Waals surface area contributed by atoms with Crippen molar-refractivity contribution in [3.63, 3.8) is 0 Å². The molecule has 3 heteroatoms. The molecule has 0 saturated carbocycles. The van der Waals surface area contributed by atoms with Gasteiger partial charge >= 0.3 is 0 Å². The molecule has 2 aliphatic heterocycles. The van der Waals surface area contributed by atoms with E-state index in [1.165, 1.54) is 12.0 Å². The van der Waals surface area contributed by atoms with Gasteiger partial charge in [0.2, 0.25) is 0 Å². The summed E-state index contributed by atoms with van der Waals surface area (Å²) in [6.45, 7) is 5.08. The van der Waals surface area contributed by atoms with E-state index in [0.717, 1.165) is 37.2 Å². The van der Waals surface area contributed by atoms with Crippen LogP contribution in [0.3, 0.4) is 0 Å². The molecule has 1 aromatic rings. The van der Waals surface area contributed by atoms with Crippen molar-refractivity contribution < 1.29 is 9.47 Å². The normalized spacial score (nSPS) is 26.6. The fourth-order valence-electron chi connectivity index (χ4n) is 3.01. The molecule has 0 radical (unpaired) electrons. The second-order valence-corrected chi connectivity index (χ2v) is 6.68. The van der Waals surface area contributed by atoms with E-state index in [4.69, 9.17) is 21.1 Å². The summed E-state index contributed by atoms with van der Waals surface area (Å²) in [6, 6.07) is 6.33. The molecule has 2 nitrogen and oxygen atoms in total. The summed E-state index contributed by atoms with van der Waals surface area (Å²) in [6.07, 6.45) is 4.55. The number of benzene rings is 1. The summed E-state index contributed by atoms with van der Waals surface area (Å²) in [5.74, 6) is 1.00. The fraction of sp³-hybridized carbons (Fsp3) is 0.625. The van der Waals surface area contributed by atoms with Crippen LogP contribution in [-0.2, 0) is 11.2 Å². The van der Waals surface area contributed by atoms with Gasteiger partial charge in [-0.3, -0.25) is 0 Å². The minimum absolute atomic E-state index is 0.0469. The molecular weight excluding hydrogens is 260 g/mol. The van der Waals surface area contributed by atoms with Gasteiger partial charge in [-0.1, -0.05) is 12.1 Å². The minimum Gasteiger partial charge on any atom is -0.487 e. The third-order valence-electron chi connectivity index (χ3n) is 3.95. The summed E-state index contributed by atoms with van der Waals surface area (Å²) < 4.78 is 11.7. The van der Waals surface area contributed by atoms with Crippen molar-refractivity contribution in [2.24, 2.45) is 0 Å². The first-order valence-electron chi connectivity index (χ1n) is 7.13. The molecule has 1 saturated heterocycles. The molecule has 1 aromatic carbocycles. The number of rotatable bonds is 2. The Balaban J connectivity index is 1.79. The molecule has 2 heterocycles. The van der Waals surface area contributed by atoms with Crippen LogP contribution < -0.4 is 4.74 Å². The third kappa shape index (κ3) is 2.75. The zero-order valence-electron chi connectivity index (χ0n) is 11.6. The topological polar surface area (TPSA) is 18.5 Å². The van der Waals surface area contributed by atoms with Gasteiger partial charge in [-0.25, -0.2) is 0 Å². The SMILES string of the molecule is CC1(C)Cc2cc(C(Cl)C3CCCCO3)ccc2O1. The van der Waals surface area contributed by atoms with Crippen molar-refractivity contribution in [2.75, 3.05) is 6.61 Å². The van der Waals surface area contributed by atoms with Crippen LogP contribution in [0.1, 0.15) is 49.6 Å². The molecule has 3 rings (SSSR count). The standard InChI is InChI=1S/C16H21ClO2/c1-16(2)10-12-9-11(6-7-13(12)19-16)15(17)14-5-3-4-8-18-14/h6-7,9,14-15H,3-5,8,10H2,1-2H3. The lowest BCUT2D eigenvalue weighted by atomic mass is 9.96. The molecule has 0 aliphatic carbocycles. The predicted molar refractivity (Wildman–Crippen MR) is 77.0 cm³/mol. The number of fused-ring (bicyclic) bond motifs is 1. The molecule has 0 amide bonds. The van der Waals surface area contributed by atoms with Gasteiger partial charge in [0.25, 0.3) is 0 Å². The number of alkyl halides is 1. The molecule has 0 N–H and O–H groups in total. The summed E-state index contributed by atoms with van der Waals surface area (Å²) in [4.78, 5) is 0. The average molecular weight is 281 g/mol. The van der Waals surface area contributed by atoms with Crippen LogP contribution >= 0.6 is 11.6 Å². The van der Waals surface area contributed by atoms with Gasteiger partial charge < -0.3 is 9.47 Å². The lowest BCUT2D eigenvalue weighted by Gasteiger charge is -2.27. The predicted octanol–water partition coefficient (Wildman–Crippen LogP) is 4.25. The van der Waals surface area contributed by atoms with Gasteiger partial charge in [-0.2, -0.15) is 0 Å². The van der Waals surface area contributed by atoms with Crippen LogP contribution in [-0.4, -0.2) is 18.3 Å². The van der Waals surface area contributed by atoms with Gasteiger partial charge in [0.05, 0.1) is 11.5 Å². The molecule has 19 heavy (non-hydrogen) atoms. The molecule has 2 unspecified atom stereocenters. The van der Waals surface area contributed by atoms with Crippen LogP contribution in [0.4, 0.5) is 0 Å². The van der Waals surface area contributed by atoms with Crippen molar-refractivity contribution in [1.82, 2.24) is 0 Å². The second kappa shape index (κ2) is 4.99. The van der Waals surface area contributed by atoms with Crippen LogP contribution in [0.15, 0.2) is 18.2 Å². The maximum Gasteiger partial charge on any atom is 0.123 e. The molecule has 0 spiro atoms. The van der Waals surface area contributed by atoms with Gasteiger partial charge in [0.15, 0.2) is 0 Å². The maximum atomic E-state index is 6.59. The van der Waals surface area contributed by atoms with E-state index < -0.39 is 0 Å². The van der Waals surface area contributed by atoms with Crippen molar-refractivity contribution in [1.29, 1.82) is 0 Å². The Kier molecular flexibility index (Phi) is 3.48. The number of halogens is 1. The maximum absolute atomic E-state index is 6.59. The van der Waals surface area contributed by atoms with Crippen molar-refractivity contribution in [3.05, 3.63) is 29.3 Å². The zero-order chi connectivity index (χ0) is 13.5. The van der Waals surface area contributed by atoms with Gasteiger partial charge in [-0.15, -0.1) is 11.6 Å². The Labute approximate surface area is 120 Å². The van der Waals surface area contributed by atoms with Gasteiger partial charge in [-0.05, 0) is 50.3 Å². The highest BCUT2D eigenvalue weighted by molar-refractivity contribution is 6.21. The highest BCUT2D eigenvalue weighted by Gasteiger charge is 2.31. The highest BCUT2D eigenvalue weighted by atomic mass is 35.5. The smallest absolute Gasteiger partial charge is 0.123 e. The Morgan fingerprint density at radius 3 is 2.89 bits per heavy atom. The van der Waals surface area contributed by atoms with Crippen LogP contribution in [0.5, 0.6) is 5.75 Å². The molecule has 104 valence electrons. The molecule has 0 bridgehead atoms. The van der Waals surface area contributed by atoms with E-state index in [2.05, 4.69) is 32.0 Å². The monoisotopic (exact) mass is 280 g/mol. The fourth-order valence-corrected chi connectivity index (χ4v) is 3.35. The van der Waals surface area contributed by atoms with E-state index in [0.29, 0.717) is 0 Å². The van der Waals surface area contributed by atoms with Crippen molar-refractivity contribution >= 4 is 11.6 Å². The van der Waals surface area contributed by atoms with E-state index in [1.54, 1.807) is 0 Å². The summed E-state index contributed by atoms with van der Waals surface area (Å²) >= 11 is 6.59. The Morgan fingerprint density at radius 2 is 2.16 bits per heavy atom. The number of hydrogen-bond acceptors (Lipinski definition) is 2. The molecule has 2 aliphatic rings. The number of hydrogen-bond donors (Lipinski definition) is 0. The highest BCUT2D eigenvalue weighted by Crippen LogP contribution is 2.39. The number of ether oxygens (including phenoxy) is 2. The molecular formula is C16H21ClO2. The average Bonchev–Trinajstić information content (AvgIpc) is 2.71. The van der Waals surface area contributed by atoms with Crippen LogP contribution in [0, 0.1) is 0 Å². The Morgan fingerprint density at radius 1 is 1.32 bits per heavy atom. The molecule has 1 fully saturated rings. The van der Waals surface area contributed by atoms with Gasteiger partial charge in [0, 0.05) is 13.0 Å². The second-order valence-electron chi connectivity index (χ2n) is 6.21. The summed E-state index contributed by atoms with van der Waals surface area (Å²) in [7, 11) is 0. The van der Waals surface area contributed by atoms with Crippen LogP contribution in [0.25, 0.3) is 0 Å².